The number of nitrogens with one attached hydrogen (secondary N) is 2. The van der Waals surface area contributed by atoms with Gasteiger partial charge in [-0.1, -0.05) is 24.3 Å². The maximum absolute atomic E-state index is 12.0. The van der Waals surface area contributed by atoms with Gasteiger partial charge in [-0.2, -0.15) is 0 Å². The third kappa shape index (κ3) is 3.74. The van der Waals surface area contributed by atoms with Gasteiger partial charge >= 0.3 is 6.03 Å². The van der Waals surface area contributed by atoms with Crippen LogP contribution in [0.4, 0.5) is 10.5 Å². The minimum absolute atomic E-state index is 0.231. The van der Waals surface area contributed by atoms with Crippen LogP contribution in [0.1, 0.15) is 23.4 Å². The summed E-state index contributed by atoms with van der Waals surface area (Å²) in [7, 11) is 0. The molecule has 2 aromatic carbocycles. The average molecular weight is 348 g/mol. The Bertz CT molecular complexity index is 905. The second kappa shape index (κ2) is 7.39. The van der Waals surface area contributed by atoms with Gasteiger partial charge in [-0.3, -0.25) is 0 Å². The maximum atomic E-state index is 12.0. The van der Waals surface area contributed by atoms with Gasteiger partial charge in [0.05, 0.1) is 0 Å². The summed E-state index contributed by atoms with van der Waals surface area (Å²) in [6.45, 7) is 0.424. The fourth-order valence-corrected chi connectivity index (χ4v) is 3.16. The molecule has 2 N–H and O–H groups in total. The summed E-state index contributed by atoms with van der Waals surface area (Å²) in [5.41, 5.74) is 4.43. The third-order valence-corrected chi connectivity index (χ3v) is 4.47. The number of amides is 2. The van der Waals surface area contributed by atoms with Gasteiger partial charge in [0.2, 0.25) is 11.8 Å². The van der Waals surface area contributed by atoms with Crippen molar-refractivity contribution in [2.75, 3.05) is 11.9 Å². The van der Waals surface area contributed by atoms with Crippen molar-refractivity contribution in [3.63, 3.8) is 0 Å². The molecule has 0 bridgehead atoms. The minimum Gasteiger partial charge on any atom is -0.421 e. The Morgan fingerprint density at radius 2 is 1.88 bits per heavy atom. The Hall–Kier alpha value is -3.15. The normalized spacial score (nSPS) is 12.6. The largest absolute Gasteiger partial charge is 0.421 e. The average Bonchev–Trinajstić information content (AvgIpc) is 3.31. The molecule has 1 aliphatic carbocycles. The molecule has 0 aliphatic heterocycles. The van der Waals surface area contributed by atoms with Gasteiger partial charge < -0.3 is 15.1 Å². The molecule has 6 heteroatoms. The Kier molecular flexibility index (Phi) is 4.64. The molecular formula is C20H20N4O2. The molecule has 1 aliphatic rings. The highest BCUT2D eigenvalue weighted by molar-refractivity contribution is 5.89. The molecule has 0 spiro atoms. The predicted octanol–water partition coefficient (Wildman–Crippen LogP) is 3.59. The first-order valence-corrected chi connectivity index (χ1v) is 8.82. The van der Waals surface area contributed by atoms with Crippen molar-refractivity contribution < 1.29 is 9.21 Å². The molecule has 1 aromatic heterocycles. The molecule has 26 heavy (non-hydrogen) atoms. The second-order valence-electron chi connectivity index (χ2n) is 6.33. The van der Waals surface area contributed by atoms with E-state index < -0.39 is 0 Å². The fraction of sp³-hybridized carbons (Fsp3) is 0.250. The first kappa shape index (κ1) is 16.3. The molecule has 2 amide bonds. The summed E-state index contributed by atoms with van der Waals surface area (Å²) in [6.07, 6.45) is 3.90. The smallest absolute Gasteiger partial charge is 0.319 e. The maximum Gasteiger partial charge on any atom is 0.319 e. The van der Waals surface area contributed by atoms with E-state index in [1.807, 2.05) is 36.4 Å². The van der Waals surface area contributed by atoms with E-state index in [9.17, 15) is 4.79 Å². The summed E-state index contributed by atoms with van der Waals surface area (Å²) < 4.78 is 5.63. The number of hydrogen-bond acceptors (Lipinski definition) is 4. The van der Waals surface area contributed by atoms with E-state index in [4.69, 9.17) is 4.42 Å². The Balaban J connectivity index is 1.27. The summed E-state index contributed by atoms with van der Waals surface area (Å²) in [6, 6.07) is 15.5. The minimum atomic E-state index is -0.231. The Morgan fingerprint density at radius 3 is 2.77 bits per heavy atom. The van der Waals surface area contributed by atoms with Crippen LogP contribution in [-0.4, -0.2) is 22.8 Å². The first-order chi connectivity index (χ1) is 12.8. The van der Waals surface area contributed by atoms with E-state index >= 15 is 0 Å². The van der Waals surface area contributed by atoms with E-state index in [0.717, 1.165) is 24.1 Å². The van der Waals surface area contributed by atoms with Gasteiger partial charge in [0.25, 0.3) is 0 Å². The van der Waals surface area contributed by atoms with Crippen molar-refractivity contribution in [2.45, 2.75) is 25.7 Å². The number of rotatable bonds is 5. The Morgan fingerprint density at radius 1 is 1.04 bits per heavy atom. The number of aryl methyl sites for hydroxylation is 2. The van der Waals surface area contributed by atoms with E-state index in [-0.39, 0.29) is 6.03 Å². The first-order valence-electron chi connectivity index (χ1n) is 8.82. The highest BCUT2D eigenvalue weighted by Gasteiger charge is 2.12. The molecular weight excluding hydrogens is 328 g/mol. The van der Waals surface area contributed by atoms with Crippen molar-refractivity contribution in [3.05, 3.63) is 65.5 Å². The lowest BCUT2D eigenvalue weighted by Gasteiger charge is -2.08. The molecule has 6 nitrogen and oxygen atoms in total. The van der Waals surface area contributed by atoms with Gasteiger partial charge in [0, 0.05) is 24.2 Å². The summed E-state index contributed by atoms with van der Waals surface area (Å²) in [4.78, 5) is 12.0. The van der Waals surface area contributed by atoms with Crippen LogP contribution in [0.2, 0.25) is 0 Å². The molecule has 0 fully saturated rings. The zero-order valence-corrected chi connectivity index (χ0v) is 14.4. The van der Waals surface area contributed by atoms with Crippen molar-refractivity contribution in [3.8, 4) is 11.5 Å². The molecule has 3 aromatic rings. The fourth-order valence-electron chi connectivity index (χ4n) is 3.16. The lowest BCUT2D eigenvalue weighted by molar-refractivity contribution is 0.252. The molecule has 132 valence electrons. The van der Waals surface area contributed by atoms with Crippen molar-refractivity contribution in [2.24, 2.45) is 0 Å². The second-order valence-corrected chi connectivity index (χ2v) is 6.33. The number of carbonyl (C=O) groups is 1. The van der Waals surface area contributed by atoms with Gasteiger partial charge in [-0.25, -0.2) is 4.79 Å². The number of urea groups is 1. The van der Waals surface area contributed by atoms with Crippen LogP contribution in [0, 0.1) is 0 Å². The van der Waals surface area contributed by atoms with E-state index in [2.05, 4.69) is 33.0 Å². The highest BCUT2D eigenvalue weighted by Crippen LogP contribution is 2.24. The number of anilines is 1. The quantitative estimate of drug-likeness (QED) is 0.738. The van der Waals surface area contributed by atoms with Crippen molar-refractivity contribution in [1.29, 1.82) is 0 Å². The molecule has 0 unspecified atom stereocenters. The summed E-state index contributed by atoms with van der Waals surface area (Å²) >= 11 is 0. The van der Waals surface area contributed by atoms with E-state index in [1.165, 1.54) is 17.5 Å². The Labute approximate surface area is 151 Å². The predicted molar refractivity (Wildman–Crippen MR) is 98.9 cm³/mol. The van der Waals surface area contributed by atoms with Crippen LogP contribution in [0.25, 0.3) is 11.5 Å². The monoisotopic (exact) mass is 348 g/mol. The molecule has 0 radical (unpaired) electrons. The zero-order valence-electron chi connectivity index (χ0n) is 14.4. The van der Waals surface area contributed by atoms with Gasteiger partial charge in [0.15, 0.2) is 0 Å². The summed E-state index contributed by atoms with van der Waals surface area (Å²) in [5.74, 6) is 0.991. The number of benzene rings is 2. The van der Waals surface area contributed by atoms with E-state index in [1.54, 1.807) is 0 Å². The lowest BCUT2D eigenvalue weighted by Crippen LogP contribution is -2.30. The number of nitrogens with zero attached hydrogens (tertiary/aromatic N) is 2. The van der Waals surface area contributed by atoms with Gasteiger partial charge in [-0.15, -0.1) is 10.2 Å². The highest BCUT2D eigenvalue weighted by atomic mass is 16.4. The summed E-state index contributed by atoms with van der Waals surface area (Å²) in [5, 5.41) is 13.8. The number of hydrogen-bond donors (Lipinski definition) is 2. The van der Waals surface area contributed by atoms with Crippen LogP contribution in [0.3, 0.4) is 0 Å². The van der Waals surface area contributed by atoms with Gasteiger partial charge in [-0.05, 0) is 54.7 Å². The molecule has 4 rings (SSSR count). The molecule has 0 saturated heterocycles. The molecule has 0 saturated carbocycles. The molecule has 0 atom stereocenters. The number of fused-ring (bicyclic) bond motifs is 1. The van der Waals surface area contributed by atoms with Gasteiger partial charge in [0.1, 0.15) is 0 Å². The topological polar surface area (TPSA) is 80.1 Å². The SMILES string of the molecule is O=C(NCCc1nnc(-c2ccccc2)o1)Nc1ccc2c(c1)CCC2. The standard InChI is InChI=1S/C20H20N4O2/c25-20(22-17-10-9-14-7-4-8-16(14)13-17)21-12-11-18-23-24-19(26-18)15-5-2-1-3-6-15/h1-3,5-6,9-10,13H,4,7-8,11-12H2,(H2,21,22,25). The van der Waals surface area contributed by atoms with E-state index in [0.29, 0.717) is 24.7 Å². The third-order valence-electron chi connectivity index (χ3n) is 4.47. The van der Waals surface area contributed by atoms with Crippen molar-refractivity contribution >= 4 is 11.7 Å². The van der Waals surface area contributed by atoms with Crippen molar-refractivity contribution in [1.82, 2.24) is 15.5 Å². The van der Waals surface area contributed by atoms with Crippen LogP contribution in [-0.2, 0) is 19.3 Å². The number of carbonyl (C=O) groups excluding carboxylic acids is 1. The van der Waals surface area contributed by atoms with Crippen LogP contribution in [0.5, 0.6) is 0 Å². The number of aromatic nitrogens is 2. The zero-order chi connectivity index (χ0) is 17.8. The molecule has 1 heterocycles. The lowest BCUT2D eigenvalue weighted by atomic mass is 10.1. The van der Waals surface area contributed by atoms with Crippen LogP contribution >= 0.6 is 0 Å². The van der Waals surface area contributed by atoms with Crippen LogP contribution in [0.15, 0.2) is 52.9 Å². The van der Waals surface area contributed by atoms with Crippen LogP contribution < -0.4 is 10.6 Å².